The highest BCUT2D eigenvalue weighted by Gasteiger charge is 2.30. The van der Waals surface area contributed by atoms with E-state index < -0.39 is 10.0 Å². The van der Waals surface area contributed by atoms with E-state index in [1.165, 1.54) is 0 Å². The van der Waals surface area contributed by atoms with Gasteiger partial charge in [-0.15, -0.1) is 0 Å². The van der Waals surface area contributed by atoms with Gasteiger partial charge in [0.25, 0.3) is 0 Å². The molecule has 0 aliphatic heterocycles. The lowest BCUT2D eigenvalue weighted by atomic mass is 10.1. The molecule has 2 aromatic rings. The van der Waals surface area contributed by atoms with Crippen molar-refractivity contribution in [1.82, 2.24) is 4.72 Å². The monoisotopic (exact) mass is 377 g/mol. The van der Waals surface area contributed by atoms with Gasteiger partial charge in [-0.25, -0.2) is 13.1 Å². The van der Waals surface area contributed by atoms with Gasteiger partial charge < -0.3 is 14.2 Å². The summed E-state index contributed by atoms with van der Waals surface area (Å²) in [4.78, 5) is 0.257. The fraction of sp³-hybridized carbons (Fsp3) is 0.368. The summed E-state index contributed by atoms with van der Waals surface area (Å²) in [7, 11) is 1.06. The molecule has 1 unspecified atom stereocenters. The third-order valence-electron chi connectivity index (χ3n) is 4.69. The van der Waals surface area contributed by atoms with Gasteiger partial charge in [-0.05, 0) is 66.8 Å². The predicted molar refractivity (Wildman–Crippen MR) is 98.7 cm³/mol. The van der Waals surface area contributed by atoms with E-state index in [9.17, 15) is 8.42 Å². The summed E-state index contributed by atoms with van der Waals surface area (Å²) in [6.45, 7) is 1.76. The molecule has 0 aromatic heterocycles. The number of rotatable bonds is 6. The first-order chi connectivity index (χ1) is 12.4. The number of hydrogen-bond acceptors (Lipinski definition) is 5. The first kappa shape index (κ1) is 18.5. The van der Waals surface area contributed by atoms with Crippen LogP contribution in [-0.4, -0.2) is 29.7 Å². The van der Waals surface area contributed by atoms with Crippen LogP contribution in [0.5, 0.6) is 17.2 Å². The van der Waals surface area contributed by atoms with Crippen molar-refractivity contribution in [3.8, 4) is 17.2 Å². The summed E-state index contributed by atoms with van der Waals surface area (Å²) in [5.74, 6) is 1.88. The lowest BCUT2D eigenvalue weighted by Crippen LogP contribution is -2.28. The van der Waals surface area contributed by atoms with E-state index in [1.54, 1.807) is 46.5 Å². The van der Waals surface area contributed by atoms with Crippen molar-refractivity contribution >= 4 is 10.0 Å². The quantitative estimate of drug-likeness (QED) is 0.838. The molecular formula is C19H23NO5S. The Hall–Kier alpha value is -2.25. The fourth-order valence-corrected chi connectivity index (χ4v) is 4.83. The second-order valence-corrected chi connectivity index (χ2v) is 7.93. The summed E-state index contributed by atoms with van der Waals surface area (Å²) in [5.41, 5.74) is 2.64. The molecule has 0 spiro atoms. The fourth-order valence-electron chi connectivity index (χ4n) is 3.36. The van der Waals surface area contributed by atoms with E-state index in [0.29, 0.717) is 29.2 Å². The van der Waals surface area contributed by atoms with E-state index in [0.717, 1.165) is 17.5 Å². The zero-order valence-electron chi connectivity index (χ0n) is 15.3. The molecule has 0 saturated carbocycles. The Labute approximate surface area is 154 Å². The molecule has 0 saturated heterocycles. The third-order valence-corrected chi connectivity index (χ3v) is 6.32. The Balaban J connectivity index is 1.91. The van der Waals surface area contributed by atoms with Crippen LogP contribution in [-0.2, 0) is 16.4 Å². The molecule has 6 nitrogen and oxygen atoms in total. The number of aryl methyl sites for hydroxylation is 2. The molecule has 0 amide bonds. The van der Waals surface area contributed by atoms with E-state index in [1.807, 2.05) is 12.1 Å². The number of hydrogen-bond donors (Lipinski definition) is 1. The van der Waals surface area contributed by atoms with Crippen molar-refractivity contribution < 1.29 is 22.6 Å². The normalized spacial score (nSPS) is 16.2. The average Bonchev–Trinajstić information content (AvgIpc) is 3.01. The van der Waals surface area contributed by atoms with Crippen molar-refractivity contribution in [3.63, 3.8) is 0 Å². The van der Waals surface area contributed by atoms with Crippen LogP contribution in [0.3, 0.4) is 0 Å². The Kier molecular flexibility index (Phi) is 5.11. The SMILES string of the molecule is COc1ccc(S(=O)(=O)NC2CCc3cc(OC)c(OC)cc32)c(C)c1. The average molecular weight is 377 g/mol. The maximum absolute atomic E-state index is 12.9. The van der Waals surface area contributed by atoms with Crippen LogP contribution < -0.4 is 18.9 Å². The van der Waals surface area contributed by atoms with Gasteiger partial charge in [0.05, 0.1) is 26.2 Å². The molecule has 3 rings (SSSR count). The maximum Gasteiger partial charge on any atom is 0.241 e. The van der Waals surface area contributed by atoms with Crippen LogP contribution in [0.1, 0.15) is 29.2 Å². The lowest BCUT2D eigenvalue weighted by Gasteiger charge is -2.17. The largest absolute Gasteiger partial charge is 0.497 e. The standard InChI is InChI=1S/C19H23NO5S/c1-12-9-14(23-2)6-8-19(12)26(21,22)20-16-7-5-13-10-17(24-3)18(25-4)11-15(13)16/h6,8-11,16,20H,5,7H2,1-4H3. The highest BCUT2D eigenvalue weighted by atomic mass is 32.2. The molecular weight excluding hydrogens is 354 g/mol. The van der Waals surface area contributed by atoms with Gasteiger partial charge in [-0.3, -0.25) is 0 Å². The van der Waals surface area contributed by atoms with Gasteiger partial charge in [0.2, 0.25) is 10.0 Å². The predicted octanol–water partition coefficient (Wildman–Crippen LogP) is 2.99. The van der Waals surface area contributed by atoms with Gasteiger partial charge in [0.15, 0.2) is 11.5 Å². The Morgan fingerprint density at radius 2 is 1.69 bits per heavy atom. The second kappa shape index (κ2) is 7.17. The van der Waals surface area contributed by atoms with Crippen molar-refractivity contribution in [3.05, 3.63) is 47.0 Å². The van der Waals surface area contributed by atoms with E-state index in [4.69, 9.17) is 14.2 Å². The number of methoxy groups -OCH3 is 3. The first-order valence-electron chi connectivity index (χ1n) is 8.31. The van der Waals surface area contributed by atoms with Crippen molar-refractivity contribution in [2.24, 2.45) is 0 Å². The first-order valence-corrected chi connectivity index (χ1v) is 9.79. The molecule has 0 heterocycles. The highest BCUT2D eigenvalue weighted by Crippen LogP contribution is 2.40. The zero-order chi connectivity index (χ0) is 18.9. The van der Waals surface area contributed by atoms with Gasteiger partial charge in [-0.1, -0.05) is 0 Å². The van der Waals surface area contributed by atoms with Gasteiger partial charge >= 0.3 is 0 Å². The molecule has 7 heteroatoms. The summed E-state index contributed by atoms with van der Waals surface area (Å²) in [5, 5.41) is 0. The van der Waals surface area contributed by atoms with Crippen LogP contribution in [0.4, 0.5) is 0 Å². The van der Waals surface area contributed by atoms with Crippen molar-refractivity contribution in [1.29, 1.82) is 0 Å². The van der Waals surface area contributed by atoms with Crippen LogP contribution in [0, 0.1) is 6.92 Å². The minimum absolute atomic E-state index is 0.257. The Bertz CT molecular complexity index is 924. The van der Waals surface area contributed by atoms with Crippen molar-refractivity contribution in [2.45, 2.75) is 30.7 Å². The molecule has 0 radical (unpaired) electrons. The van der Waals surface area contributed by atoms with Gasteiger partial charge in [0, 0.05) is 6.04 Å². The second-order valence-electron chi connectivity index (χ2n) is 6.25. The summed E-state index contributed by atoms with van der Waals surface area (Å²) in [6, 6.07) is 8.41. The molecule has 26 heavy (non-hydrogen) atoms. The van der Waals surface area contributed by atoms with Crippen molar-refractivity contribution in [2.75, 3.05) is 21.3 Å². The molecule has 140 valence electrons. The maximum atomic E-state index is 12.9. The summed E-state index contributed by atoms with van der Waals surface area (Å²) >= 11 is 0. The lowest BCUT2D eigenvalue weighted by molar-refractivity contribution is 0.354. The number of ether oxygens (including phenoxy) is 3. The van der Waals surface area contributed by atoms with E-state index in [-0.39, 0.29) is 10.9 Å². The summed E-state index contributed by atoms with van der Waals surface area (Å²) < 4.78 is 44.4. The van der Waals surface area contributed by atoms with Crippen LogP contribution in [0.25, 0.3) is 0 Å². The Morgan fingerprint density at radius 1 is 1.00 bits per heavy atom. The van der Waals surface area contributed by atoms with Crippen LogP contribution >= 0.6 is 0 Å². The molecule has 1 atom stereocenters. The smallest absolute Gasteiger partial charge is 0.241 e. The molecule has 1 aliphatic rings. The molecule has 1 aliphatic carbocycles. The minimum atomic E-state index is -3.65. The van der Waals surface area contributed by atoms with E-state index >= 15 is 0 Å². The molecule has 0 bridgehead atoms. The van der Waals surface area contributed by atoms with E-state index in [2.05, 4.69) is 4.72 Å². The number of nitrogens with one attached hydrogen (secondary N) is 1. The molecule has 1 N–H and O–H groups in total. The van der Waals surface area contributed by atoms with Crippen LogP contribution in [0.15, 0.2) is 35.2 Å². The molecule has 0 fully saturated rings. The Morgan fingerprint density at radius 3 is 2.31 bits per heavy atom. The molecule has 2 aromatic carbocycles. The number of fused-ring (bicyclic) bond motifs is 1. The minimum Gasteiger partial charge on any atom is -0.497 e. The van der Waals surface area contributed by atoms with Gasteiger partial charge in [0.1, 0.15) is 5.75 Å². The van der Waals surface area contributed by atoms with Gasteiger partial charge in [-0.2, -0.15) is 0 Å². The zero-order valence-corrected chi connectivity index (χ0v) is 16.1. The highest BCUT2D eigenvalue weighted by molar-refractivity contribution is 7.89. The number of benzene rings is 2. The topological polar surface area (TPSA) is 73.9 Å². The third kappa shape index (κ3) is 3.37. The number of sulfonamides is 1. The van der Waals surface area contributed by atoms with Crippen LogP contribution in [0.2, 0.25) is 0 Å². The summed E-state index contributed by atoms with van der Waals surface area (Å²) in [6.07, 6.45) is 1.48.